The molecule has 0 saturated heterocycles. The lowest BCUT2D eigenvalue weighted by atomic mass is 10.1. The Morgan fingerprint density at radius 3 is 2.12 bits per heavy atom. The molecule has 0 aliphatic heterocycles. The van der Waals surface area contributed by atoms with E-state index in [9.17, 15) is 22.8 Å². The van der Waals surface area contributed by atoms with Crippen molar-refractivity contribution >= 4 is 11.9 Å². The van der Waals surface area contributed by atoms with Gasteiger partial charge in [-0.3, -0.25) is 4.79 Å². The van der Waals surface area contributed by atoms with E-state index in [0.717, 1.165) is 0 Å². The SMILES string of the molecule is COc1cc(CCC(=O)NC(CC(F)(F)F)C(=O)O)cc(OC)c1. The predicted octanol–water partition coefficient (Wildman–Crippen LogP) is 2.16. The number of aliphatic carboxylic acids is 1. The zero-order chi connectivity index (χ0) is 18.3. The molecule has 0 bridgehead atoms. The second-order valence-corrected chi connectivity index (χ2v) is 5.00. The van der Waals surface area contributed by atoms with Gasteiger partial charge in [0.15, 0.2) is 0 Å². The van der Waals surface area contributed by atoms with Crippen molar-refractivity contribution in [2.45, 2.75) is 31.5 Å². The Bertz CT molecular complexity index is 567. The van der Waals surface area contributed by atoms with Crippen LogP contribution in [0.5, 0.6) is 11.5 Å². The number of ether oxygens (including phenoxy) is 2. The van der Waals surface area contributed by atoms with Gasteiger partial charge in [-0.25, -0.2) is 4.79 Å². The fraction of sp³-hybridized carbons (Fsp3) is 0.467. The van der Waals surface area contributed by atoms with Crippen LogP contribution in [0.1, 0.15) is 18.4 Å². The third-order valence-corrected chi connectivity index (χ3v) is 3.12. The number of alkyl halides is 3. The van der Waals surface area contributed by atoms with Crippen LogP contribution in [-0.2, 0) is 16.0 Å². The summed E-state index contributed by atoms with van der Waals surface area (Å²) >= 11 is 0. The van der Waals surface area contributed by atoms with Crippen LogP contribution in [0.15, 0.2) is 18.2 Å². The fourth-order valence-electron chi connectivity index (χ4n) is 1.97. The standard InChI is InChI=1S/C15H18F3NO5/c1-23-10-5-9(6-11(7-10)24-2)3-4-13(20)19-12(14(21)22)8-15(16,17)18/h5-7,12H,3-4,8H2,1-2H3,(H,19,20)(H,21,22). The summed E-state index contributed by atoms with van der Waals surface area (Å²) in [6.07, 6.45) is -6.28. The van der Waals surface area contributed by atoms with Gasteiger partial charge in [0.1, 0.15) is 17.5 Å². The van der Waals surface area contributed by atoms with Gasteiger partial charge >= 0.3 is 12.1 Å². The molecule has 1 aromatic rings. The van der Waals surface area contributed by atoms with E-state index in [1.165, 1.54) is 14.2 Å². The lowest BCUT2D eigenvalue weighted by Gasteiger charge is -2.16. The van der Waals surface area contributed by atoms with Crippen LogP contribution in [0.25, 0.3) is 0 Å². The Labute approximate surface area is 136 Å². The molecule has 9 heteroatoms. The maximum absolute atomic E-state index is 12.3. The Hall–Kier alpha value is -2.45. The summed E-state index contributed by atoms with van der Waals surface area (Å²) in [6.45, 7) is 0. The van der Waals surface area contributed by atoms with Gasteiger partial charge in [0.2, 0.25) is 5.91 Å². The van der Waals surface area contributed by atoms with E-state index in [4.69, 9.17) is 14.6 Å². The van der Waals surface area contributed by atoms with Crippen molar-refractivity contribution in [3.63, 3.8) is 0 Å². The Balaban J connectivity index is 2.66. The second-order valence-electron chi connectivity index (χ2n) is 5.00. The molecule has 0 aliphatic rings. The van der Waals surface area contributed by atoms with Gasteiger partial charge in [0.25, 0.3) is 0 Å². The van der Waals surface area contributed by atoms with E-state index in [-0.39, 0.29) is 12.8 Å². The van der Waals surface area contributed by atoms with E-state index in [1.54, 1.807) is 18.2 Å². The van der Waals surface area contributed by atoms with Gasteiger partial charge in [-0.15, -0.1) is 0 Å². The number of hydrogen-bond acceptors (Lipinski definition) is 4. The molecule has 1 unspecified atom stereocenters. The first kappa shape index (κ1) is 19.6. The number of nitrogens with one attached hydrogen (secondary N) is 1. The molecule has 0 fully saturated rings. The molecule has 6 nitrogen and oxygen atoms in total. The number of aryl methyl sites for hydroxylation is 1. The quantitative estimate of drug-likeness (QED) is 0.751. The van der Waals surface area contributed by atoms with Crippen LogP contribution in [0.3, 0.4) is 0 Å². The molecule has 0 heterocycles. The maximum Gasteiger partial charge on any atom is 0.391 e. The molecular formula is C15H18F3NO5. The molecule has 1 atom stereocenters. The molecule has 0 spiro atoms. The summed E-state index contributed by atoms with van der Waals surface area (Å²) < 4.78 is 47.0. The van der Waals surface area contributed by atoms with Crippen molar-refractivity contribution in [2.75, 3.05) is 14.2 Å². The number of methoxy groups -OCH3 is 2. The molecule has 1 amide bonds. The van der Waals surface area contributed by atoms with Gasteiger partial charge in [-0.2, -0.15) is 13.2 Å². The highest BCUT2D eigenvalue weighted by Gasteiger charge is 2.36. The van der Waals surface area contributed by atoms with Crippen LogP contribution in [-0.4, -0.2) is 43.4 Å². The first-order valence-electron chi connectivity index (χ1n) is 6.95. The molecule has 134 valence electrons. The van der Waals surface area contributed by atoms with E-state index < -0.39 is 30.5 Å². The minimum Gasteiger partial charge on any atom is -0.497 e. The van der Waals surface area contributed by atoms with Crippen LogP contribution in [0.4, 0.5) is 13.2 Å². The molecule has 2 N–H and O–H groups in total. The van der Waals surface area contributed by atoms with Crippen LogP contribution in [0.2, 0.25) is 0 Å². The van der Waals surface area contributed by atoms with E-state index in [1.807, 2.05) is 5.32 Å². The number of carboxylic acids is 1. The van der Waals surface area contributed by atoms with Crippen molar-refractivity contribution in [1.29, 1.82) is 0 Å². The largest absolute Gasteiger partial charge is 0.497 e. The molecule has 0 radical (unpaired) electrons. The monoisotopic (exact) mass is 349 g/mol. The number of benzene rings is 1. The summed E-state index contributed by atoms with van der Waals surface area (Å²) in [5.74, 6) is -1.51. The topological polar surface area (TPSA) is 84.9 Å². The number of amides is 1. The zero-order valence-electron chi connectivity index (χ0n) is 13.1. The molecule has 1 aromatic carbocycles. The highest BCUT2D eigenvalue weighted by Crippen LogP contribution is 2.24. The average Bonchev–Trinajstić information content (AvgIpc) is 2.50. The number of hydrogen-bond donors (Lipinski definition) is 2. The third-order valence-electron chi connectivity index (χ3n) is 3.12. The van der Waals surface area contributed by atoms with Gasteiger partial charge < -0.3 is 19.9 Å². The minimum absolute atomic E-state index is 0.169. The molecular weight excluding hydrogens is 331 g/mol. The predicted molar refractivity (Wildman–Crippen MR) is 78.1 cm³/mol. The zero-order valence-corrected chi connectivity index (χ0v) is 13.1. The summed E-state index contributed by atoms with van der Waals surface area (Å²) in [7, 11) is 2.92. The maximum atomic E-state index is 12.3. The number of carbonyl (C=O) groups excluding carboxylic acids is 1. The van der Waals surface area contributed by atoms with Gasteiger partial charge in [0.05, 0.1) is 20.6 Å². The molecule has 0 aromatic heterocycles. The van der Waals surface area contributed by atoms with Gasteiger partial charge in [-0.1, -0.05) is 0 Å². The normalized spacial score (nSPS) is 12.4. The Morgan fingerprint density at radius 1 is 1.17 bits per heavy atom. The van der Waals surface area contributed by atoms with Gasteiger partial charge in [-0.05, 0) is 24.1 Å². The number of carboxylic acid groups (broad SMARTS) is 1. The third kappa shape index (κ3) is 6.76. The van der Waals surface area contributed by atoms with Crippen LogP contribution in [0, 0.1) is 0 Å². The number of rotatable bonds is 8. The Kier molecular flexibility index (Phi) is 6.87. The van der Waals surface area contributed by atoms with Crippen LogP contribution < -0.4 is 14.8 Å². The van der Waals surface area contributed by atoms with Crippen molar-refractivity contribution < 1.29 is 37.3 Å². The molecule has 0 saturated carbocycles. The molecule has 1 rings (SSSR count). The van der Waals surface area contributed by atoms with Gasteiger partial charge in [0, 0.05) is 12.5 Å². The number of carbonyl (C=O) groups is 2. The second kappa shape index (κ2) is 8.42. The lowest BCUT2D eigenvalue weighted by Crippen LogP contribution is -2.43. The average molecular weight is 349 g/mol. The first-order chi connectivity index (χ1) is 11.1. The molecule has 24 heavy (non-hydrogen) atoms. The summed E-state index contributed by atoms with van der Waals surface area (Å²) in [5.41, 5.74) is 0.670. The summed E-state index contributed by atoms with van der Waals surface area (Å²) in [6, 6.07) is 2.94. The Morgan fingerprint density at radius 2 is 1.71 bits per heavy atom. The van der Waals surface area contributed by atoms with Crippen molar-refractivity contribution in [1.82, 2.24) is 5.32 Å². The van der Waals surface area contributed by atoms with Crippen molar-refractivity contribution in [3.05, 3.63) is 23.8 Å². The van der Waals surface area contributed by atoms with E-state index in [2.05, 4.69) is 0 Å². The first-order valence-corrected chi connectivity index (χ1v) is 6.95. The fourth-order valence-corrected chi connectivity index (χ4v) is 1.97. The minimum atomic E-state index is -4.68. The van der Waals surface area contributed by atoms with E-state index >= 15 is 0 Å². The lowest BCUT2D eigenvalue weighted by molar-refractivity contribution is -0.160. The number of halogens is 3. The smallest absolute Gasteiger partial charge is 0.391 e. The summed E-state index contributed by atoms with van der Waals surface area (Å²) in [4.78, 5) is 22.5. The van der Waals surface area contributed by atoms with Crippen molar-refractivity contribution in [3.8, 4) is 11.5 Å². The highest BCUT2D eigenvalue weighted by atomic mass is 19.4. The van der Waals surface area contributed by atoms with Crippen molar-refractivity contribution in [2.24, 2.45) is 0 Å². The van der Waals surface area contributed by atoms with E-state index in [0.29, 0.717) is 17.1 Å². The summed E-state index contributed by atoms with van der Waals surface area (Å²) in [5, 5.41) is 10.6. The molecule has 0 aliphatic carbocycles. The van der Waals surface area contributed by atoms with Crippen LogP contribution >= 0.6 is 0 Å². The highest BCUT2D eigenvalue weighted by molar-refractivity contribution is 5.83.